The number of nitrogens with zero attached hydrogens (tertiary/aromatic N) is 2. The Hall–Kier alpha value is -6.90. The summed E-state index contributed by atoms with van der Waals surface area (Å²) < 4.78 is 33.8. The summed E-state index contributed by atoms with van der Waals surface area (Å²) in [5.41, 5.74) is 4.22. The fourth-order valence-corrected chi connectivity index (χ4v) is 7.25. The van der Waals surface area contributed by atoms with Gasteiger partial charge in [-0.15, -0.1) is 0 Å². The van der Waals surface area contributed by atoms with Gasteiger partial charge in [-0.1, -0.05) is 57.7 Å². The van der Waals surface area contributed by atoms with Crippen LogP contribution in [0.1, 0.15) is 55.8 Å². The molecule has 0 aliphatic carbocycles. The highest BCUT2D eigenvalue weighted by molar-refractivity contribution is 5.96. The van der Waals surface area contributed by atoms with Gasteiger partial charge in [-0.3, -0.25) is 19.2 Å². The lowest BCUT2D eigenvalue weighted by atomic mass is 9.83. The van der Waals surface area contributed by atoms with E-state index in [0.29, 0.717) is 16.7 Å². The minimum Gasteiger partial charge on any atom is -0.473 e. The van der Waals surface area contributed by atoms with Gasteiger partial charge < -0.3 is 59.5 Å². The van der Waals surface area contributed by atoms with Crippen molar-refractivity contribution in [2.45, 2.75) is 84.3 Å². The molecule has 18 heteroatoms. The molecule has 6 rings (SSSR count). The Balaban J connectivity index is 0.000000293. The van der Waals surface area contributed by atoms with Crippen LogP contribution in [0.2, 0.25) is 0 Å². The summed E-state index contributed by atoms with van der Waals surface area (Å²) in [6, 6.07) is 23.8. The number of carbonyl (C=O) groups excluding carboxylic acids is 4. The van der Waals surface area contributed by atoms with Crippen LogP contribution in [-0.4, -0.2) is 121 Å². The van der Waals surface area contributed by atoms with Gasteiger partial charge in [-0.25, -0.2) is 9.69 Å². The zero-order valence-corrected chi connectivity index (χ0v) is 37.0. The van der Waals surface area contributed by atoms with E-state index < -0.39 is 67.7 Å². The van der Waals surface area contributed by atoms with Gasteiger partial charge in [0.25, 0.3) is 11.8 Å². The molecule has 4 aromatic carbocycles. The lowest BCUT2D eigenvalue weighted by Gasteiger charge is -2.43. The van der Waals surface area contributed by atoms with Crippen LogP contribution >= 0.6 is 0 Å². The maximum atomic E-state index is 12.0. The molecule has 2 heterocycles. The minimum absolute atomic E-state index is 0. The van der Waals surface area contributed by atoms with E-state index in [1.54, 1.807) is 79.8 Å². The fraction of sp³-hybridized carbons (Fsp3) is 0.388. The molecule has 356 valence electrons. The summed E-state index contributed by atoms with van der Waals surface area (Å²) in [6.45, 7) is 21.1. The number of amides is 2. The third-order valence-corrected chi connectivity index (χ3v) is 11.1. The maximum absolute atomic E-state index is 12.0. The molecule has 6 N–H and O–H groups in total. The maximum Gasteiger partial charge on any atom is 0.303 e. The van der Waals surface area contributed by atoms with Crippen LogP contribution in [0.4, 0.5) is 11.4 Å². The Morgan fingerprint density at radius 2 is 1.12 bits per heavy atom. The monoisotopic (exact) mass is 924 g/mol. The van der Waals surface area contributed by atoms with Crippen molar-refractivity contribution in [3.63, 3.8) is 0 Å². The normalized spacial score (nSPS) is 24.1. The Morgan fingerprint density at radius 1 is 0.642 bits per heavy atom. The van der Waals surface area contributed by atoms with Crippen molar-refractivity contribution in [1.82, 2.24) is 10.6 Å². The Labute approximate surface area is 389 Å². The van der Waals surface area contributed by atoms with E-state index >= 15 is 0 Å². The average molecular weight is 925 g/mol. The molecule has 18 nitrogen and oxygen atoms in total. The zero-order valence-electron chi connectivity index (χ0n) is 37.0. The number of hydrogen-bond donors (Lipinski definition) is 6. The molecule has 0 spiro atoms. The fourth-order valence-electron chi connectivity index (χ4n) is 7.25. The van der Waals surface area contributed by atoms with Crippen molar-refractivity contribution in [3.05, 3.63) is 119 Å². The van der Waals surface area contributed by atoms with E-state index in [0.717, 1.165) is 16.7 Å². The summed E-state index contributed by atoms with van der Waals surface area (Å²) in [5.74, 6) is -1.26. The largest absolute Gasteiger partial charge is 0.473 e. The molecule has 2 fully saturated rings. The molecular formula is C49H56N4O14. The SMILES string of the molecule is C.[C-]#[N+]c1cc(-c2cccc(C(=O)NC)c2)ccc1OC1OC(CO)C(O)C(O)C1O.[C-]#[N+]c1cc(-c2cccc(C(=O)NC)c2)ccc1OC1OC(COC(C)=O)C(C)C(C)C1OC(C)=O. The van der Waals surface area contributed by atoms with Crippen LogP contribution in [0.25, 0.3) is 31.9 Å². The second-order valence-electron chi connectivity index (χ2n) is 15.5. The van der Waals surface area contributed by atoms with Crippen LogP contribution in [0.15, 0.2) is 84.9 Å². The summed E-state index contributed by atoms with van der Waals surface area (Å²) in [4.78, 5) is 54.0. The number of hydrogen-bond acceptors (Lipinski definition) is 14. The molecule has 0 aromatic heterocycles. The molecule has 0 saturated carbocycles. The van der Waals surface area contributed by atoms with Crippen LogP contribution in [0, 0.1) is 25.0 Å². The van der Waals surface area contributed by atoms with Crippen molar-refractivity contribution >= 4 is 35.1 Å². The number of benzene rings is 4. The first-order valence-corrected chi connectivity index (χ1v) is 20.8. The summed E-state index contributed by atoms with van der Waals surface area (Å²) >= 11 is 0. The van der Waals surface area contributed by atoms with Gasteiger partial charge in [0.05, 0.1) is 25.9 Å². The van der Waals surface area contributed by atoms with E-state index in [2.05, 4.69) is 20.3 Å². The van der Waals surface area contributed by atoms with Crippen molar-refractivity contribution in [2.24, 2.45) is 11.8 Å². The van der Waals surface area contributed by atoms with E-state index in [-0.39, 0.29) is 60.6 Å². The molecule has 2 amide bonds. The number of aliphatic hydroxyl groups is 4. The molecule has 2 saturated heterocycles. The van der Waals surface area contributed by atoms with Gasteiger partial charge in [0.1, 0.15) is 42.5 Å². The Morgan fingerprint density at radius 3 is 1.57 bits per heavy atom. The molecular weight excluding hydrogens is 869 g/mol. The molecule has 2 aliphatic rings. The molecule has 0 radical (unpaired) electrons. The lowest BCUT2D eigenvalue weighted by molar-refractivity contribution is -0.277. The third kappa shape index (κ3) is 12.9. The Bertz CT molecular complexity index is 2460. The predicted molar refractivity (Wildman–Crippen MR) is 244 cm³/mol. The quantitative estimate of drug-likeness (QED) is 0.0791. The molecule has 67 heavy (non-hydrogen) atoms. The molecule has 0 bridgehead atoms. The predicted octanol–water partition coefficient (Wildman–Crippen LogP) is 5.21. The molecule has 10 atom stereocenters. The van der Waals surface area contributed by atoms with Crippen molar-refractivity contribution < 1.29 is 68.0 Å². The average Bonchev–Trinajstić information content (AvgIpc) is 3.33. The summed E-state index contributed by atoms with van der Waals surface area (Å²) in [5, 5.41) is 44.3. The van der Waals surface area contributed by atoms with E-state index in [9.17, 15) is 39.6 Å². The van der Waals surface area contributed by atoms with Crippen LogP contribution in [0.5, 0.6) is 11.5 Å². The van der Waals surface area contributed by atoms with Crippen molar-refractivity contribution in [1.29, 1.82) is 0 Å². The van der Waals surface area contributed by atoms with E-state index in [1.165, 1.54) is 27.0 Å². The second-order valence-corrected chi connectivity index (χ2v) is 15.5. The van der Waals surface area contributed by atoms with E-state index in [1.807, 2.05) is 19.9 Å². The minimum atomic E-state index is -1.58. The third-order valence-electron chi connectivity index (χ3n) is 11.1. The van der Waals surface area contributed by atoms with Crippen LogP contribution < -0.4 is 20.1 Å². The van der Waals surface area contributed by atoms with Crippen molar-refractivity contribution in [2.75, 3.05) is 27.3 Å². The van der Waals surface area contributed by atoms with Gasteiger partial charge in [0, 0.05) is 45.0 Å². The zero-order chi connectivity index (χ0) is 48.2. The molecule has 4 aromatic rings. The second kappa shape index (κ2) is 24.0. The summed E-state index contributed by atoms with van der Waals surface area (Å²) in [7, 11) is 3.10. The van der Waals surface area contributed by atoms with Crippen LogP contribution in [-0.2, 0) is 28.5 Å². The van der Waals surface area contributed by atoms with Crippen LogP contribution in [0.3, 0.4) is 0 Å². The summed E-state index contributed by atoms with van der Waals surface area (Å²) in [6.07, 6.45) is -9.38. The Kier molecular flexibility index (Phi) is 18.9. The van der Waals surface area contributed by atoms with Gasteiger partial charge in [-0.05, 0) is 76.7 Å². The number of esters is 2. The van der Waals surface area contributed by atoms with Gasteiger partial charge in [0.15, 0.2) is 6.10 Å². The number of rotatable bonds is 12. The van der Waals surface area contributed by atoms with Gasteiger partial charge >= 0.3 is 11.9 Å². The van der Waals surface area contributed by atoms with Gasteiger partial charge in [-0.2, -0.15) is 0 Å². The van der Waals surface area contributed by atoms with Gasteiger partial charge in [0.2, 0.25) is 24.0 Å². The number of carbonyl (C=O) groups is 4. The highest BCUT2D eigenvalue weighted by atomic mass is 16.7. The first-order valence-electron chi connectivity index (χ1n) is 20.8. The highest BCUT2D eigenvalue weighted by Gasteiger charge is 2.46. The lowest BCUT2D eigenvalue weighted by Crippen LogP contribution is -2.60. The first-order chi connectivity index (χ1) is 31.5. The van der Waals surface area contributed by atoms with Crippen molar-refractivity contribution in [3.8, 4) is 33.8 Å². The first kappa shape index (κ1) is 52.7. The topological polar surface area (TPSA) is 237 Å². The smallest absolute Gasteiger partial charge is 0.303 e. The number of nitrogens with one attached hydrogen (secondary N) is 2. The highest BCUT2D eigenvalue weighted by Crippen LogP contribution is 2.39. The molecule has 2 aliphatic heterocycles. The van der Waals surface area contributed by atoms with E-state index in [4.69, 9.17) is 41.6 Å². The number of ether oxygens (including phenoxy) is 6. The molecule has 10 unspecified atom stereocenters. The standard InChI is InChI=1S/C27H30N2O7.C21H22N2O7.CH4/c1-15-16(2)25(34-18(4)31)27(36-24(15)14-33-17(3)30)35-23-11-10-20(13-22(23)28-5)19-8-7-9-21(12-19)26(32)29-6;1-22-14-9-12(11-4-3-5-13(8-11)20(28)23-2)6-7-15(14)29-21-19(27)18(26)17(25)16(10-24)30-21;/h7-13,15-16,24-25,27H,14H2,1-4,6H3,(H,29,32);3-9,16-19,21,24-27H,10H2,2H3,(H,23,28);1H4. The number of aliphatic hydroxyl groups excluding tert-OH is 4.